The number of fused-ring (bicyclic) bond motifs is 1. The number of hydrogen-bond donors (Lipinski definition) is 3. The van der Waals surface area contributed by atoms with Crippen molar-refractivity contribution >= 4 is 33.0 Å². The SMILES string of the molecule is CCOCC(CO)OCn1c(Br)nc2c(=O)[nH]c(N)nc21. The number of H-pyrrole nitrogens is 1. The highest BCUT2D eigenvalue weighted by Gasteiger charge is 2.16. The first kappa shape index (κ1) is 15.9. The number of nitrogens with one attached hydrogen (secondary N) is 1. The number of rotatable bonds is 7. The first-order valence-electron chi connectivity index (χ1n) is 6.28. The minimum atomic E-state index is -0.478. The van der Waals surface area contributed by atoms with Crippen molar-refractivity contribution in [2.75, 3.05) is 25.6 Å². The Balaban J connectivity index is 2.22. The smallest absolute Gasteiger partial charge is 0.280 e. The van der Waals surface area contributed by atoms with Gasteiger partial charge in [-0.15, -0.1) is 0 Å². The Kier molecular flexibility index (Phi) is 5.28. The van der Waals surface area contributed by atoms with E-state index in [9.17, 15) is 9.90 Å². The normalized spacial score (nSPS) is 12.9. The van der Waals surface area contributed by atoms with Crippen LogP contribution in [0.25, 0.3) is 11.2 Å². The number of aliphatic hydroxyl groups excluding tert-OH is 1. The van der Waals surface area contributed by atoms with E-state index < -0.39 is 11.7 Å². The highest BCUT2D eigenvalue weighted by molar-refractivity contribution is 9.10. The van der Waals surface area contributed by atoms with E-state index in [4.69, 9.17) is 15.2 Å². The second-order valence-electron chi connectivity index (χ2n) is 4.19. The molecule has 0 aromatic carbocycles. The third-order valence-corrected chi connectivity index (χ3v) is 3.33. The molecular formula is C11H16BrN5O4. The zero-order valence-corrected chi connectivity index (χ0v) is 13.0. The second kappa shape index (κ2) is 6.98. The lowest BCUT2D eigenvalue weighted by molar-refractivity contribution is -0.0652. The van der Waals surface area contributed by atoms with Crippen molar-refractivity contribution in [1.82, 2.24) is 19.5 Å². The van der Waals surface area contributed by atoms with Crippen molar-refractivity contribution in [2.45, 2.75) is 19.8 Å². The number of ether oxygens (including phenoxy) is 2. The maximum atomic E-state index is 11.7. The van der Waals surface area contributed by atoms with E-state index in [1.807, 2.05) is 6.92 Å². The second-order valence-corrected chi connectivity index (χ2v) is 4.90. The van der Waals surface area contributed by atoms with Crippen LogP contribution in [0.2, 0.25) is 0 Å². The van der Waals surface area contributed by atoms with E-state index in [-0.39, 0.29) is 31.4 Å². The van der Waals surface area contributed by atoms with Gasteiger partial charge in [0.25, 0.3) is 5.56 Å². The molecule has 2 rings (SSSR count). The number of aromatic amines is 1. The zero-order chi connectivity index (χ0) is 15.4. The Morgan fingerprint density at radius 2 is 2.29 bits per heavy atom. The van der Waals surface area contributed by atoms with Gasteiger partial charge < -0.3 is 20.3 Å². The Morgan fingerprint density at radius 3 is 2.95 bits per heavy atom. The molecule has 116 valence electrons. The van der Waals surface area contributed by atoms with Crippen LogP contribution in [0.15, 0.2) is 9.53 Å². The van der Waals surface area contributed by atoms with E-state index in [2.05, 4.69) is 30.9 Å². The molecule has 0 saturated carbocycles. The van der Waals surface area contributed by atoms with E-state index in [0.717, 1.165) is 0 Å². The number of hydrogen-bond acceptors (Lipinski definition) is 7. The quantitative estimate of drug-likeness (QED) is 0.584. The Hall–Kier alpha value is -1.49. The molecule has 2 aromatic rings. The summed E-state index contributed by atoms with van der Waals surface area (Å²) in [5.74, 6) is -0.00539. The average Bonchev–Trinajstić information content (AvgIpc) is 2.76. The monoisotopic (exact) mass is 361 g/mol. The van der Waals surface area contributed by atoms with Crippen LogP contribution in [0.5, 0.6) is 0 Å². The van der Waals surface area contributed by atoms with Crippen LogP contribution >= 0.6 is 15.9 Å². The van der Waals surface area contributed by atoms with Gasteiger partial charge in [0.05, 0.1) is 13.2 Å². The number of aliphatic hydroxyl groups is 1. The van der Waals surface area contributed by atoms with Gasteiger partial charge in [0.15, 0.2) is 15.9 Å². The maximum absolute atomic E-state index is 11.7. The van der Waals surface area contributed by atoms with Gasteiger partial charge in [-0.3, -0.25) is 14.3 Å². The largest absolute Gasteiger partial charge is 0.394 e. The first-order valence-corrected chi connectivity index (χ1v) is 7.07. The van der Waals surface area contributed by atoms with Crippen molar-refractivity contribution in [3.63, 3.8) is 0 Å². The van der Waals surface area contributed by atoms with Crippen LogP contribution in [0, 0.1) is 0 Å². The van der Waals surface area contributed by atoms with Crippen LogP contribution in [-0.2, 0) is 16.2 Å². The van der Waals surface area contributed by atoms with Gasteiger partial charge in [-0.2, -0.15) is 4.98 Å². The van der Waals surface area contributed by atoms with Crippen LogP contribution in [-0.4, -0.2) is 50.6 Å². The lowest BCUT2D eigenvalue weighted by Gasteiger charge is -2.16. The molecule has 4 N–H and O–H groups in total. The number of imidazole rings is 1. The molecule has 0 amide bonds. The minimum absolute atomic E-state index is 0.00539. The first-order chi connectivity index (χ1) is 10.1. The Bertz CT molecular complexity index is 670. The number of halogens is 1. The number of nitrogens with two attached hydrogens (primary N) is 1. The van der Waals surface area contributed by atoms with Crippen LogP contribution in [0.1, 0.15) is 6.92 Å². The molecule has 0 fully saturated rings. The number of nitrogen functional groups attached to an aromatic ring is 1. The summed E-state index contributed by atoms with van der Waals surface area (Å²) in [6.45, 7) is 2.53. The fourth-order valence-electron chi connectivity index (χ4n) is 1.70. The molecule has 1 unspecified atom stereocenters. The van der Waals surface area contributed by atoms with E-state index >= 15 is 0 Å². The van der Waals surface area contributed by atoms with Gasteiger partial charge in [-0.05, 0) is 22.9 Å². The van der Waals surface area contributed by atoms with Crippen molar-refractivity contribution in [2.24, 2.45) is 0 Å². The summed E-state index contributed by atoms with van der Waals surface area (Å²) in [7, 11) is 0. The third kappa shape index (κ3) is 3.59. The molecule has 2 aromatic heterocycles. The van der Waals surface area contributed by atoms with Gasteiger partial charge >= 0.3 is 0 Å². The van der Waals surface area contributed by atoms with E-state index in [1.54, 1.807) is 0 Å². The van der Waals surface area contributed by atoms with Gasteiger partial charge in [0.2, 0.25) is 5.95 Å². The summed E-state index contributed by atoms with van der Waals surface area (Å²) < 4.78 is 12.7. The van der Waals surface area contributed by atoms with Crippen molar-refractivity contribution in [1.29, 1.82) is 0 Å². The van der Waals surface area contributed by atoms with Gasteiger partial charge in [-0.25, -0.2) is 4.98 Å². The summed E-state index contributed by atoms with van der Waals surface area (Å²) in [6.07, 6.45) is -0.478. The average molecular weight is 362 g/mol. The maximum Gasteiger partial charge on any atom is 0.280 e. The summed E-state index contributed by atoms with van der Waals surface area (Å²) in [6, 6.07) is 0. The van der Waals surface area contributed by atoms with E-state index in [1.165, 1.54) is 4.57 Å². The highest BCUT2D eigenvalue weighted by atomic mass is 79.9. The molecule has 21 heavy (non-hydrogen) atoms. The highest BCUT2D eigenvalue weighted by Crippen LogP contribution is 2.16. The number of nitrogens with zero attached hydrogens (tertiary/aromatic N) is 3. The van der Waals surface area contributed by atoms with Crippen LogP contribution < -0.4 is 11.3 Å². The molecule has 1 atom stereocenters. The molecule has 10 heteroatoms. The fraction of sp³-hybridized carbons (Fsp3) is 0.545. The van der Waals surface area contributed by atoms with Gasteiger partial charge in [0.1, 0.15) is 12.8 Å². The van der Waals surface area contributed by atoms with E-state index in [0.29, 0.717) is 17.0 Å². The fourth-order valence-corrected chi connectivity index (χ4v) is 2.15. The zero-order valence-electron chi connectivity index (χ0n) is 11.4. The Morgan fingerprint density at radius 1 is 1.52 bits per heavy atom. The molecule has 0 aliphatic rings. The molecule has 0 aliphatic heterocycles. The number of aromatic nitrogens is 4. The topological polar surface area (TPSA) is 128 Å². The molecular weight excluding hydrogens is 346 g/mol. The van der Waals surface area contributed by atoms with Crippen LogP contribution in [0.3, 0.4) is 0 Å². The predicted octanol–water partition coefficient (Wildman–Crippen LogP) is -0.164. The number of anilines is 1. The molecule has 0 saturated heterocycles. The standard InChI is InChI=1S/C11H16BrN5O4/c1-2-20-4-6(3-18)21-5-17-8-7(14-10(17)12)9(19)16-11(13)15-8/h6,18H,2-5H2,1H3,(H3,13,15,16,19). The van der Waals surface area contributed by atoms with Crippen molar-refractivity contribution in [3.05, 3.63) is 15.1 Å². The lowest BCUT2D eigenvalue weighted by Crippen LogP contribution is -2.25. The van der Waals surface area contributed by atoms with Crippen molar-refractivity contribution in [3.8, 4) is 0 Å². The lowest BCUT2D eigenvalue weighted by atomic mass is 10.4. The summed E-state index contributed by atoms with van der Waals surface area (Å²) >= 11 is 3.24. The van der Waals surface area contributed by atoms with Gasteiger partial charge in [-0.1, -0.05) is 0 Å². The third-order valence-electron chi connectivity index (χ3n) is 2.73. The minimum Gasteiger partial charge on any atom is -0.394 e. The summed E-state index contributed by atoms with van der Waals surface area (Å²) in [4.78, 5) is 22.2. The summed E-state index contributed by atoms with van der Waals surface area (Å²) in [5, 5.41) is 9.22. The Labute approximate surface area is 128 Å². The molecule has 0 spiro atoms. The molecule has 0 bridgehead atoms. The summed E-state index contributed by atoms with van der Waals surface area (Å²) in [5.41, 5.74) is 5.56. The molecule has 0 aliphatic carbocycles. The molecule has 2 heterocycles. The molecule has 0 radical (unpaired) electrons. The van der Waals surface area contributed by atoms with Crippen molar-refractivity contribution < 1.29 is 14.6 Å². The van der Waals surface area contributed by atoms with Crippen LogP contribution in [0.4, 0.5) is 5.95 Å². The predicted molar refractivity (Wildman–Crippen MR) is 78.7 cm³/mol. The van der Waals surface area contributed by atoms with Gasteiger partial charge in [0, 0.05) is 6.61 Å². The molecule has 9 nitrogen and oxygen atoms in total.